The van der Waals surface area contributed by atoms with Gasteiger partial charge in [-0.1, -0.05) is 11.2 Å². The minimum Gasteiger partial charge on any atom is -0.465 e. The van der Waals surface area contributed by atoms with E-state index in [4.69, 9.17) is 9.63 Å². The van der Waals surface area contributed by atoms with Gasteiger partial charge in [0.1, 0.15) is 0 Å². The molecule has 2 rings (SSSR count). The fourth-order valence-corrected chi connectivity index (χ4v) is 1.95. The maximum Gasteiger partial charge on any atom is 0.404 e. The van der Waals surface area contributed by atoms with Gasteiger partial charge in [0.25, 0.3) is 0 Å². The van der Waals surface area contributed by atoms with Gasteiger partial charge >= 0.3 is 6.09 Å². The lowest BCUT2D eigenvalue weighted by molar-refractivity contribution is 0.194. The summed E-state index contributed by atoms with van der Waals surface area (Å²) in [6.07, 6.45) is 0.187. The molecular formula is C10H11N3O3S. The first-order chi connectivity index (χ1) is 8.25. The zero-order valence-electron chi connectivity index (χ0n) is 8.92. The number of carboxylic acid groups (broad SMARTS) is 1. The number of carbonyl (C=O) groups is 1. The lowest BCUT2D eigenvalue weighted by Crippen LogP contribution is -2.22. The van der Waals surface area contributed by atoms with Crippen LogP contribution in [-0.2, 0) is 6.42 Å². The number of amides is 1. The molecule has 2 aromatic heterocycles. The summed E-state index contributed by atoms with van der Waals surface area (Å²) in [7, 11) is 0. The molecule has 0 bridgehead atoms. The van der Waals surface area contributed by atoms with Gasteiger partial charge in [0.2, 0.25) is 11.7 Å². The van der Waals surface area contributed by atoms with Gasteiger partial charge in [0.05, 0.1) is 4.88 Å². The van der Waals surface area contributed by atoms with E-state index in [-0.39, 0.29) is 0 Å². The molecule has 2 heterocycles. The number of hydrogen-bond acceptors (Lipinski definition) is 5. The van der Waals surface area contributed by atoms with E-state index in [0.717, 1.165) is 4.88 Å². The van der Waals surface area contributed by atoms with Crippen LogP contribution in [-0.4, -0.2) is 27.9 Å². The highest BCUT2D eigenvalue weighted by Gasteiger charge is 2.08. The smallest absolute Gasteiger partial charge is 0.404 e. The number of rotatable bonds is 5. The molecule has 90 valence electrons. The van der Waals surface area contributed by atoms with Crippen LogP contribution in [0, 0.1) is 0 Å². The summed E-state index contributed by atoms with van der Waals surface area (Å²) in [4.78, 5) is 15.4. The molecule has 0 saturated heterocycles. The maximum absolute atomic E-state index is 10.2. The third-order valence-corrected chi connectivity index (χ3v) is 2.92. The first kappa shape index (κ1) is 11.6. The SMILES string of the molecule is O=C(O)NCCCc1nc(-c2cccs2)no1. The third-order valence-electron chi connectivity index (χ3n) is 2.05. The van der Waals surface area contributed by atoms with Crippen LogP contribution in [0.15, 0.2) is 22.0 Å². The molecule has 0 atom stereocenters. The minimum absolute atomic E-state index is 0.381. The molecule has 0 radical (unpaired) electrons. The first-order valence-electron chi connectivity index (χ1n) is 5.09. The van der Waals surface area contributed by atoms with Crippen LogP contribution in [0.2, 0.25) is 0 Å². The van der Waals surface area contributed by atoms with Crippen LogP contribution in [0.5, 0.6) is 0 Å². The second-order valence-corrected chi connectivity index (χ2v) is 4.27. The maximum atomic E-state index is 10.2. The number of aryl methyl sites for hydroxylation is 1. The molecule has 0 aliphatic heterocycles. The van der Waals surface area contributed by atoms with Crippen LogP contribution < -0.4 is 5.32 Å². The average Bonchev–Trinajstić information content (AvgIpc) is 2.94. The summed E-state index contributed by atoms with van der Waals surface area (Å²) in [5, 5.41) is 16.5. The Labute approximate surface area is 101 Å². The summed E-state index contributed by atoms with van der Waals surface area (Å²) in [6.45, 7) is 0.381. The molecular weight excluding hydrogens is 242 g/mol. The first-order valence-corrected chi connectivity index (χ1v) is 5.97. The molecule has 2 aromatic rings. The molecule has 0 aliphatic carbocycles. The van der Waals surface area contributed by atoms with Crippen LogP contribution in [0.25, 0.3) is 10.7 Å². The molecule has 1 amide bonds. The predicted octanol–water partition coefficient (Wildman–Crippen LogP) is 2.00. The Balaban J connectivity index is 1.84. The lowest BCUT2D eigenvalue weighted by atomic mass is 10.3. The number of thiophene rings is 1. The van der Waals surface area contributed by atoms with Gasteiger partial charge in [0.15, 0.2) is 0 Å². The Hall–Kier alpha value is -1.89. The van der Waals surface area contributed by atoms with E-state index < -0.39 is 6.09 Å². The highest BCUT2D eigenvalue weighted by molar-refractivity contribution is 7.13. The second-order valence-electron chi connectivity index (χ2n) is 3.32. The third kappa shape index (κ3) is 3.28. The average molecular weight is 253 g/mol. The van der Waals surface area contributed by atoms with Crippen LogP contribution in [0.3, 0.4) is 0 Å². The highest BCUT2D eigenvalue weighted by atomic mass is 32.1. The van der Waals surface area contributed by atoms with Crippen LogP contribution in [0.1, 0.15) is 12.3 Å². The standard InChI is InChI=1S/C10H11N3O3S/c14-10(15)11-5-1-4-8-12-9(13-16-8)7-3-2-6-17-7/h2-3,6,11H,1,4-5H2,(H,14,15). The van der Waals surface area contributed by atoms with Crippen LogP contribution in [0.4, 0.5) is 4.79 Å². The van der Waals surface area contributed by atoms with Crippen molar-refractivity contribution in [1.29, 1.82) is 0 Å². The van der Waals surface area contributed by atoms with Crippen molar-refractivity contribution in [2.24, 2.45) is 0 Å². The van der Waals surface area contributed by atoms with Crippen molar-refractivity contribution in [3.05, 3.63) is 23.4 Å². The molecule has 17 heavy (non-hydrogen) atoms. The summed E-state index contributed by atoms with van der Waals surface area (Å²) >= 11 is 1.55. The summed E-state index contributed by atoms with van der Waals surface area (Å²) in [5.74, 6) is 1.11. The molecule has 0 spiro atoms. The second kappa shape index (κ2) is 5.44. The Morgan fingerprint density at radius 2 is 2.47 bits per heavy atom. The molecule has 0 unspecified atom stereocenters. The molecule has 0 saturated carbocycles. The largest absolute Gasteiger partial charge is 0.465 e. The predicted molar refractivity (Wildman–Crippen MR) is 62.0 cm³/mol. The molecule has 0 aromatic carbocycles. The van der Waals surface area contributed by atoms with Gasteiger partial charge in [-0.15, -0.1) is 11.3 Å². The van der Waals surface area contributed by atoms with Gasteiger partial charge in [-0.2, -0.15) is 4.98 Å². The fraction of sp³-hybridized carbons (Fsp3) is 0.300. The van der Waals surface area contributed by atoms with Gasteiger partial charge in [0, 0.05) is 13.0 Å². The Morgan fingerprint density at radius 1 is 1.59 bits per heavy atom. The normalized spacial score (nSPS) is 10.4. The van der Waals surface area contributed by atoms with E-state index in [1.807, 2.05) is 17.5 Å². The molecule has 0 aliphatic rings. The summed E-state index contributed by atoms with van der Waals surface area (Å²) in [5.41, 5.74) is 0. The van der Waals surface area contributed by atoms with E-state index in [0.29, 0.717) is 31.1 Å². The lowest BCUT2D eigenvalue weighted by Gasteiger charge is -1.96. The monoisotopic (exact) mass is 253 g/mol. The van der Waals surface area contributed by atoms with Crippen molar-refractivity contribution in [2.45, 2.75) is 12.8 Å². The molecule has 6 nitrogen and oxygen atoms in total. The number of hydrogen-bond donors (Lipinski definition) is 2. The quantitative estimate of drug-likeness (QED) is 0.795. The van der Waals surface area contributed by atoms with E-state index in [1.165, 1.54) is 0 Å². The Bertz CT molecular complexity index is 481. The Morgan fingerprint density at radius 3 is 3.18 bits per heavy atom. The Kier molecular flexibility index (Phi) is 3.71. The van der Waals surface area contributed by atoms with Crippen molar-refractivity contribution in [2.75, 3.05) is 6.54 Å². The van der Waals surface area contributed by atoms with Crippen molar-refractivity contribution < 1.29 is 14.4 Å². The summed E-state index contributed by atoms with van der Waals surface area (Å²) in [6, 6.07) is 3.85. The number of nitrogens with zero attached hydrogens (tertiary/aromatic N) is 2. The molecule has 7 heteroatoms. The van der Waals surface area contributed by atoms with E-state index >= 15 is 0 Å². The zero-order chi connectivity index (χ0) is 12.1. The van der Waals surface area contributed by atoms with Crippen molar-refractivity contribution in [3.63, 3.8) is 0 Å². The van der Waals surface area contributed by atoms with Gasteiger partial charge < -0.3 is 14.9 Å². The van der Waals surface area contributed by atoms with E-state index in [2.05, 4.69) is 15.5 Å². The van der Waals surface area contributed by atoms with Crippen molar-refractivity contribution in [3.8, 4) is 10.7 Å². The number of nitrogens with one attached hydrogen (secondary N) is 1. The number of aromatic nitrogens is 2. The van der Waals surface area contributed by atoms with E-state index in [9.17, 15) is 4.79 Å². The van der Waals surface area contributed by atoms with Crippen LogP contribution >= 0.6 is 11.3 Å². The topological polar surface area (TPSA) is 88.2 Å². The van der Waals surface area contributed by atoms with E-state index in [1.54, 1.807) is 11.3 Å². The van der Waals surface area contributed by atoms with Gasteiger partial charge in [-0.3, -0.25) is 0 Å². The highest BCUT2D eigenvalue weighted by Crippen LogP contribution is 2.21. The fourth-order valence-electron chi connectivity index (χ4n) is 1.30. The van der Waals surface area contributed by atoms with Gasteiger partial charge in [-0.05, 0) is 17.9 Å². The van der Waals surface area contributed by atoms with Gasteiger partial charge in [-0.25, -0.2) is 4.79 Å². The molecule has 0 fully saturated rings. The summed E-state index contributed by atoms with van der Waals surface area (Å²) < 4.78 is 5.07. The zero-order valence-corrected chi connectivity index (χ0v) is 9.74. The molecule has 2 N–H and O–H groups in total. The van der Waals surface area contributed by atoms with Crippen molar-refractivity contribution >= 4 is 17.4 Å². The minimum atomic E-state index is -1.02. The van der Waals surface area contributed by atoms with Crippen molar-refractivity contribution in [1.82, 2.24) is 15.5 Å².